The van der Waals surface area contributed by atoms with E-state index in [1.807, 2.05) is 0 Å². The van der Waals surface area contributed by atoms with Crippen molar-refractivity contribution in [2.75, 3.05) is 4.90 Å². The van der Waals surface area contributed by atoms with Crippen molar-refractivity contribution >= 4 is 71.3 Å². The van der Waals surface area contributed by atoms with Gasteiger partial charge in [0, 0.05) is 44.6 Å². The number of allylic oxidation sites excluding steroid dienone is 2. The van der Waals surface area contributed by atoms with Gasteiger partial charge in [-0.25, -0.2) is 0 Å². The van der Waals surface area contributed by atoms with Crippen molar-refractivity contribution < 1.29 is 4.42 Å². The van der Waals surface area contributed by atoms with Gasteiger partial charge in [-0.3, -0.25) is 0 Å². The summed E-state index contributed by atoms with van der Waals surface area (Å²) in [6, 6.07) is 67.2. The molecule has 1 aromatic heterocycles. The van der Waals surface area contributed by atoms with E-state index < -0.39 is 0 Å². The molecule has 0 amide bonds. The third-order valence-corrected chi connectivity index (χ3v) is 17.4. The Hall–Kier alpha value is -7.42. The van der Waals surface area contributed by atoms with Crippen LogP contribution in [-0.4, -0.2) is 0 Å². The number of hydrogen-bond donors (Lipinski definition) is 0. The molecule has 0 saturated heterocycles. The fourth-order valence-corrected chi connectivity index (χ4v) is 14.4. The molecule has 326 valence electrons. The number of furan rings is 1. The van der Waals surface area contributed by atoms with Gasteiger partial charge in [-0.15, -0.1) is 0 Å². The van der Waals surface area contributed by atoms with E-state index >= 15 is 0 Å². The summed E-state index contributed by atoms with van der Waals surface area (Å²) in [5.74, 6) is 1.83. The number of nitrogens with zero attached hydrogens (tertiary/aromatic N) is 1. The molecule has 1 fully saturated rings. The Balaban J connectivity index is 1.08. The minimum absolute atomic E-state index is 0.173. The van der Waals surface area contributed by atoms with Gasteiger partial charge in [0.2, 0.25) is 0 Å². The first-order valence-electron chi connectivity index (χ1n) is 24.8. The highest BCUT2D eigenvalue weighted by atomic mass is 16.3. The van der Waals surface area contributed by atoms with Crippen molar-refractivity contribution in [3.8, 4) is 33.4 Å². The first-order chi connectivity index (χ1) is 33.2. The largest absolute Gasteiger partial charge is 0.456 e. The van der Waals surface area contributed by atoms with E-state index in [-0.39, 0.29) is 10.8 Å². The van der Waals surface area contributed by atoms with Crippen LogP contribution in [0, 0.1) is 17.8 Å². The maximum absolute atomic E-state index is 6.74. The van der Waals surface area contributed by atoms with Gasteiger partial charge in [-0.2, -0.15) is 0 Å². The molecule has 4 unspecified atom stereocenters. The van der Waals surface area contributed by atoms with E-state index in [2.05, 4.69) is 215 Å². The molecule has 1 spiro atoms. The van der Waals surface area contributed by atoms with Gasteiger partial charge in [-0.05, 0) is 169 Å². The number of anilines is 3. The molecule has 2 heteroatoms. The van der Waals surface area contributed by atoms with Crippen LogP contribution in [0.1, 0.15) is 69.2 Å². The first-order valence-corrected chi connectivity index (χ1v) is 24.8. The Kier molecular flexibility index (Phi) is 7.74. The topological polar surface area (TPSA) is 16.4 Å². The van der Waals surface area contributed by atoms with E-state index in [0.717, 1.165) is 33.3 Å². The molecule has 0 radical (unpaired) electrons. The molecular weight excluding hydrogens is 823 g/mol. The molecule has 2 bridgehead atoms. The molecule has 0 aliphatic heterocycles. The summed E-state index contributed by atoms with van der Waals surface area (Å²) < 4.78 is 6.74. The van der Waals surface area contributed by atoms with Crippen LogP contribution < -0.4 is 4.90 Å². The minimum Gasteiger partial charge on any atom is -0.456 e. The predicted octanol–water partition coefficient (Wildman–Crippen LogP) is 18.2. The molecule has 11 aromatic rings. The minimum atomic E-state index is -0.229. The third kappa shape index (κ3) is 5.08. The van der Waals surface area contributed by atoms with Crippen LogP contribution in [0.3, 0.4) is 0 Å². The summed E-state index contributed by atoms with van der Waals surface area (Å²) in [5, 5.41) is 10.1. The van der Waals surface area contributed by atoms with Crippen LogP contribution in [0.4, 0.5) is 17.1 Å². The zero-order chi connectivity index (χ0) is 45.2. The Morgan fingerprint density at radius 2 is 1.12 bits per heavy atom. The van der Waals surface area contributed by atoms with Crippen molar-refractivity contribution in [3.63, 3.8) is 0 Å². The highest BCUT2D eigenvalue weighted by molar-refractivity contribution is 6.26. The van der Waals surface area contributed by atoms with Gasteiger partial charge >= 0.3 is 0 Å². The first kappa shape index (κ1) is 38.7. The highest BCUT2D eigenvalue weighted by Gasteiger charge is 2.52. The zero-order valence-electron chi connectivity index (χ0n) is 39.0. The second-order valence-electron chi connectivity index (χ2n) is 21.4. The lowest BCUT2D eigenvalue weighted by Gasteiger charge is -2.49. The summed E-state index contributed by atoms with van der Waals surface area (Å²) >= 11 is 0. The van der Waals surface area contributed by atoms with Gasteiger partial charge < -0.3 is 9.32 Å². The second kappa shape index (κ2) is 13.6. The summed E-state index contributed by atoms with van der Waals surface area (Å²) in [7, 11) is 0. The fourth-order valence-electron chi connectivity index (χ4n) is 14.4. The van der Waals surface area contributed by atoms with Crippen LogP contribution in [0.15, 0.2) is 192 Å². The van der Waals surface area contributed by atoms with E-state index in [1.165, 1.54) is 113 Å². The molecule has 10 aromatic carbocycles. The summed E-state index contributed by atoms with van der Waals surface area (Å²) in [6.45, 7) is 9.73. The summed E-state index contributed by atoms with van der Waals surface area (Å²) in [6.07, 6.45) is 6.49. The molecule has 4 atom stereocenters. The molecule has 68 heavy (non-hydrogen) atoms. The van der Waals surface area contributed by atoms with Crippen molar-refractivity contribution in [1.29, 1.82) is 0 Å². The Morgan fingerprint density at radius 1 is 0.471 bits per heavy atom. The van der Waals surface area contributed by atoms with Crippen LogP contribution in [0.5, 0.6) is 0 Å². The molecule has 4 aliphatic rings. The highest BCUT2D eigenvalue weighted by Crippen LogP contribution is 2.63. The number of benzene rings is 10. The van der Waals surface area contributed by atoms with Gasteiger partial charge in [0.15, 0.2) is 0 Å². The number of para-hydroxylation sites is 1. The number of fused-ring (bicyclic) bond motifs is 14. The Morgan fingerprint density at radius 3 is 1.97 bits per heavy atom. The average Bonchev–Trinajstić information content (AvgIpc) is 3.95. The Labute approximate surface area is 397 Å². The normalized spacial score (nSPS) is 20.9. The van der Waals surface area contributed by atoms with Gasteiger partial charge in [-0.1, -0.05) is 160 Å². The SMILES string of the molecule is CC1=CC2(c3ccccc3-c3cc(-c4ccc5ccc6cccc7ccc4c5c67)c(N(c4ccc5c(c4)C(C)(C)c4ccccc4-5)c4ccc5c(c4)oc4ccccc45)cc32)C2CC(C)CC1C2. The second-order valence-corrected chi connectivity index (χ2v) is 21.4. The van der Waals surface area contributed by atoms with Crippen LogP contribution in [0.2, 0.25) is 0 Å². The van der Waals surface area contributed by atoms with Gasteiger partial charge in [0.05, 0.1) is 5.69 Å². The lowest BCUT2D eigenvalue weighted by Crippen LogP contribution is -2.42. The van der Waals surface area contributed by atoms with Crippen molar-refractivity contribution in [1.82, 2.24) is 0 Å². The van der Waals surface area contributed by atoms with E-state index in [0.29, 0.717) is 17.8 Å². The summed E-state index contributed by atoms with van der Waals surface area (Å²) in [4.78, 5) is 2.59. The summed E-state index contributed by atoms with van der Waals surface area (Å²) in [5.41, 5.74) is 19.9. The van der Waals surface area contributed by atoms with E-state index in [1.54, 1.807) is 5.57 Å². The average molecular weight is 874 g/mol. The number of rotatable bonds is 4. The number of hydrogen-bond acceptors (Lipinski definition) is 2. The zero-order valence-corrected chi connectivity index (χ0v) is 39.0. The standard InChI is InChI=1S/C66H51NO/c1-38-30-43-32-44(31-38)66(37-39(43)2)57-18-9-6-15-49(57)54-35-55(47-26-22-42-21-20-40-12-11-13-41-23-27-53(47)64(42)63(40)41)60(36-59(54)66)67(46-25-29-52-51-16-7-10-19-61(51)68-62(52)34-46)45-24-28-50-48-14-5-8-17-56(48)65(3,4)58(50)33-45/h5-29,33-38,43-44H,30-32H2,1-4H3. The van der Waals surface area contributed by atoms with Gasteiger partial charge in [0.25, 0.3) is 0 Å². The monoisotopic (exact) mass is 873 g/mol. The van der Waals surface area contributed by atoms with E-state index in [4.69, 9.17) is 4.42 Å². The van der Waals surface area contributed by atoms with Gasteiger partial charge in [0.1, 0.15) is 11.2 Å². The smallest absolute Gasteiger partial charge is 0.137 e. The fraction of sp³-hybridized carbons (Fsp3) is 0.182. The third-order valence-electron chi connectivity index (χ3n) is 17.4. The van der Waals surface area contributed by atoms with Crippen molar-refractivity contribution in [2.24, 2.45) is 17.8 Å². The van der Waals surface area contributed by atoms with Crippen molar-refractivity contribution in [2.45, 2.75) is 57.8 Å². The molecule has 1 heterocycles. The molecule has 2 nitrogen and oxygen atoms in total. The Bertz CT molecular complexity index is 3980. The molecular formula is C66H51NO. The molecule has 4 aliphatic carbocycles. The predicted molar refractivity (Wildman–Crippen MR) is 285 cm³/mol. The van der Waals surface area contributed by atoms with E-state index in [9.17, 15) is 0 Å². The maximum Gasteiger partial charge on any atom is 0.137 e. The van der Waals surface area contributed by atoms with Crippen LogP contribution in [-0.2, 0) is 10.8 Å². The lowest BCUT2D eigenvalue weighted by atomic mass is 9.55. The van der Waals surface area contributed by atoms with Crippen molar-refractivity contribution in [3.05, 3.63) is 210 Å². The maximum atomic E-state index is 6.74. The molecule has 1 saturated carbocycles. The quantitative estimate of drug-likeness (QED) is 0.129. The molecule has 15 rings (SSSR count). The van der Waals surface area contributed by atoms with Crippen LogP contribution in [0.25, 0.3) is 87.6 Å². The van der Waals surface area contributed by atoms with Crippen LogP contribution >= 0.6 is 0 Å². The lowest BCUT2D eigenvalue weighted by molar-refractivity contribution is 0.168. The molecule has 0 N–H and O–H groups in total.